The van der Waals surface area contributed by atoms with E-state index in [0.29, 0.717) is 51.1 Å². The third kappa shape index (κ3) is 3.52. The van der Waals surface area contributed by atoms with E-state index in [4.69, 9.17) is 9.84 Å². The average Bonchev–Trinajstić information content (AvgIpc) is 3.24. The highest BCUT2D eigenvalue weighted by molar-refractivity contribution is 5.94. The van der Waals surface area contributed by atoms with Gasteiger partial charge >= 0.3 is 0 Å². The molecule has 1 spiro atoms. The first-order valence-corrected chi connectivity index (χ1v) is 9.62. The number of likely N-dealkylation sites (tertiary alicyclic amines) is 1. The standard InChI is InChI=1S/C19H25N5O4/c25-9-10-28-17-11-16(26)19(17)5-7-23(8-6-19)18(27)15-3-1-14(2-4-15)12-24-13-20-21-22-24/h1-4,13,16-17,25-26H,5-12H2/t16-,17+/m1/s1. The van der Waals surface area contributed by atoms with E-state index in [1.54, 1.807) is 11.0 Å². The SMILES string of the molecule is O=C(c1ccc(Cn2cnnn2)cc1)N1CCC2(CC1)[C@H](O)C[C@@H]2OCCO. The van der Waals surface area contributed by atoms with Crippen LogP contribution in [0.3, 0.4) is 0 Å². The van der Waals surface area contributed by atoms with Crippen LogP contribution in [0, 0.1) is 5.41 Å². The molecule has 2 aromatic rings. The number of amides is 1. The molecule has 1 aromatic carbocycles. The molecule has 0 bridgehead atoms. The lowest BCUT2D eigenvalue weighted by Gasteiger charge is -2.56. The maximum atomic E-state index is 12.8. The number of ether oxygens (including phenoxy) is 1. The predicted octanol–water partition coefficient (Wildman–Crippen LogP) is 0.0859. The van der Waals surface area contributed by atoms with Gasteiger partial charge in [0.1, 0.15) is 6.33 Å². The van der Waals surface area contributed by atoms with Crippen LogP contribution in [0.5, 0.6) is 0 Å². The van der Waals surface area contributed by atoms with Crippen molar-refractivity contribution in [3.8, 4) is 0 Å². The molecule has 0 unspecified atom stereocenters. The summed E-state index contributed by atoms with van der Waals surface area (Å²) in [6.07, 6.45) is 3.17. The molecule has 4 rings (SSSR count). The van der Waals surface area contributed by atoms with Crippen LogP contribution >= 0.6 is 0 Å². The number of aromatic nitrogens is 4. The molecule has 1 aliphatic heterocycles. The molecule has 28 heavy (non-hydrogen) atoms. The van der Waals surface area contributed by atoms with Gasteiger partial charge in [-0.25, -0.2) is 4.68 Å². The van der Waals surface area contributed by atoms with Crippen LogP contribution in [0.25, 0.3) is 0 Å². The van der Waals surface area contributed by atoms with E-state index in [9.17, 15) is 9.90 Å². The second-order valence-corrected chi connectivity index (χ2v) is 7.56. The monoisotopic (exact) mass is 387 g/mol. The first-order chi connectivity index (χ1) is 13.6. The summed E-state index contributed by atoms with van der Waals surface area (Å²) in [4.78, 5) is 14.7. The van der Waals surface area contributed by atoms with Crippen molar-refractivity contribution >= 4 is 5.91 Å². The minimum Gasteiger partial charge on any atom is -0.394 e. The Morgan fingerprint density at radius 1 is 1.25 bits per heavy atom. The summed E-state index contributed by atoms with van der Waals surface area (Å²) >= 11 is 0. The number of carbonyl (C=O) groups is 1. The molecular formula is C19H25N5O4. The van der Waals surface area contributed by atoms with Crippen LogP contribution in [0.2, 0.25) is 0 Å². The zero-order chi connectivity index (χ0) is 19.6. The minimum atomic E-state index is -0.390. The van der Waals surface area contributed by atoms with Crippen molar-refractivity contribution in [2.24, 2.45) is 5.41 Å². The number of nitrogens with zero attached hydrogens (tertiary/aromatic N) is 5. The lowest BCUT2D eigenvalue weighted by molar-refractivity contribution is -0.211. The van der Waals surface area contributed by atoms with Crippen molar-refractivity contribution in [2.75, 3.05) is 26.3 Å². The second-order valence-electron chi connectivity index (χ2n) is 7.56. The summed E-state index contributed by atoms with van der Waals surface area (Å²) in [5, 5.41) is 30.3. The van der Waals surface area contributed by atoms with Crippen LogP contribution in [0.1, 0.15) is 35.2 Å². The Kier molecular flexibility index (Phi) is 5.38. The van der Waals surface area contributed by atoms with Gasteiger partial charge in [-0.2, -0.15) is 0 Å². The molecule has 2 fully saturated rings. The number of aliphatic hydroxyl groups excluding tert-OH is 2. The third-order valence-corrected chi connectivity index (χ3v) is 6.07. The molecule has 2 atom stereocenters. The maximum Gasteiger partial charge on any atom is 0.253 e. The molecule has 9 heteroatoms. The molecule has 1 aliphatic carbocycles. The quantitative estimate of drug-likeness (QED) is 0.722. The molecule has 2 heterocycles. The number of hydrogen-bond acceptors (Lipinski definition) is 7. The number of aliphatic hydroxyl groups is 2. The van der Waals surface area contributed by atoms with Gasteiger partial charge in [0.05, 0.1) is 32.0 Å². The van der Waals surface area contributed by atoms with E-state index >= 15 is 0 Å². The number of tetrazole rings is 1. The third-order valence-electron chi connectivity index (χ3n) is 6.07. The fraction of sp³-hybridized carbons (Fsp3) is 0.579. The maximum absolute atomic E-state index is 12.8. The smallest absolute Gasteiger partial charge is 0.253 e. The van der Waals surface area contributed by atoms with Crippen molar-refractivity contribution in [2.45, 2.75) is 38.0 Å². The van der Waals surface area contributed by atoms with Crippen LogP contribution in [0.15, 0.2) is 30.6 Å². The van der Waals surface area contributed by atoms with Gasteiger partial charge in [0.2, 0.25) is 0 Å². The summed E-state index contributed by atoms with van der Waals surface area (Å²) in [5.41, 5.74) is 1.39. The van der Waals surface area contributed by atoms with Gasteiger partial charge in [-0.1, -0.05) is 12.1 Å². The first-order valence-electron chi connectivity index (χ1n) is 9.62. The minimum absolute atomic E-state index is 0.00506. The highest BCUT2D eigenvalue weighted by Crippen LogP contribution is 2.51. The van der Waals surface area contributed by atoms with Crippen LogP contribution in [0.4, 0.5) is 0 Å². The molecule has 150 valence electrons. The van der Waals surface area contributed by atoms with Gasteiger partial charge in [0.25, 0.3) is 5.91 Å². The Bertz CT molecular complexity index is 787. The molecule has 1 aromatic heterocycles. The summed E-state index contributed by atoms with van der Waals surface area (Å²) in [6, 6.07) is 7.49. The van der Waals surface area contributed by atoms with Crippen LogP contribution < -0.4 is 0 Å². The fourth-order valence-corrected chi connectivity index (χ4v) is 4.31. The molecule has 1 saturated carbocycles. The highest BCUT2D eigenvalue weighted by Gasteiger charge is 2.56. The molecule has 1 amide bonds. The fourth-order valence-electron chi connectivity index (χ4n) is 4.31. The Hall–Kier alpha value is -2.36. The Morgan fingerprint density at radius 3 is 2.61 bits per heavy atom. The van der Waals surface area contributed by atoms with Crippen LogP contribution in [-0.4, -0.2) is 79.7 Å². The summed E-state index contributed by atoms with van der Waals surface area (Å²) in [6.45, 7) is 2.03. The zero-order valence-electron chi connectivity index (χ0n) is 15.6. The lowest BCUT2D eigenvalue weighted by atomic mass is 9.58. The van der Waals surface area contributed by atoms with Gasteiger partial charge in [-0.3, -0.25) is 4.79 Å². The van der Waals surface area contributed by atoms with Gasteiger partial charge in [0, 0.05) is 30.5 Å². The molecule has 2 aliphatic rings. The first kappa shape index (κ1) is 19.0. The lowest BCUT2D eigenvalue weighted by Crippen LogP contribution is -2.62. The van der Waals surface area contributed by atoms with E-state index in [1.165, 1.54) is 0 Å². The summed E-state index contributed by atoms with van der Waals surface area (Å²) in [7, 11) is 0. The molecule has 0 radical (unpaired) electrons. The van der Waals surface area contributed by atoms with Crippen molar-refractivity contribution < 1.29 is 19.7 Å². The van der Waals surface area contributed by atoms with E-state index < -0.39 is 0 Å². The number of benzene rings is 1. The van der Waals surface area contributed by atoms with Crippen molar-refractivity contribution in [1.82, 2.24) is 25.1 Å². The number of hydrogen-bond donors (Lipinski definition) is 2. The molecular weight excluding hydrogens is 362 g/mol. The second kappa shape index (κ2) is 7.94. The Balaban J connectivity index is 1.35. The summed E-state index contributed by atoms with van der Waals surface area (Å²) in [5.74, 6) is 0.00506. The van der Waals surface area contributed by atoms with E-state index in [-0.39, 0.29) is 30.1 Å². The van der Waals surface area contributed by atoms with Crippen molar-refractivity contribution in [3.63, 3.8) is 0 Å². The van der Waals surface area contributed by atoms with E-state index in [1.807, 2.05) is 29.2 Å². The molecule has 2 N–H and O–H groups in total. The van der Waals surface area contributed by atoms with Gasteiger partial charge in [-0.15, -0.1) is 5.10 Å². The Labute approximate surface area is 162 Å². The van der Waals surface area contributed by atoms with E-state index in [0.717, 1.165) is 5.56 Å². The number of piperidine rings is 1. The Morgan fingerprint density at radius 2 is 2.00 bits per heavy atom. The van der Waals surface area contributed by atoms with Gasteiger partial charge < -0.3 is 19.8 Å². The van der Waals surface area contributed by atoms with Crippen LogP contribution in [-0.2, 0) is 11.3 Å². The number of carbonyl (C=O) groups excluding carboxylic acids is 1. The molecule has 9 nitrogen and oxygen atoms in total. The zero-order valence-corrected chi connectivity index (χ0v) is 15.6. The predicted molar refractivity (Wildman–Crippen MR) is 98.4 cm³/mol. The summed E-state index contributed by atoms with van der Waals surface area (Å²) < 4.78 is 7.32. The highest BCUT2D eigenvalue weighted by atomic mass is 16.5. The average molecular weight is 387 g/mol. The van der Waals surface area contributed by atoms with E-state index in [2.05, 4.69) is 15.5 Å². The largest absolute Gasteiger partial charge is 0.394 e. The molecule has 1 saturated heterocycles. The van der Waals surface area contributed by atoms with Crippen molar-refractivity contribution in [1.29, 1.82) is 0 Å². The van der Waals surface area contributed by atoms with Gasteiger partial charge in [0.15, 0.2) is 0 Å². The van der Waals surface area contributed by atoms with Crippen molar-refractivity contribution in [3.05, 3.63) is 41.7 Å². The topological polar surface area (TPSA) is 114 Å². The number of rotatable bonds is 6. The normalized spacial score (nSPS) is 23.6. The van der Waals surface area contributed by atoms with Gasteiger partial charge in [-0.05, 0) is 41.0 Å².